The van der Waals surface area contributed by atoms with E-state index in [1.807, 2.05) is 11.4 Å². The fraction of sp³-hybridized carbons (Fsp3) is 0.312. The van der Waals surface area contributed by atoms with E-state index < -0.39 is 6.61 Å². The molecule has 1 heterocycles. The van der Waals surface area contributed by atoms with Gasteiger partial charge in [-0.2, -0.15) is 8.78 Å². The second-order valence-corrected chi connectivity index (χ2v) is 6.77. The summed E-state index contributed by atoms with van der Waals surface area (Å²) in [5, 5.41) is 8.24. The van der Waals surface area contributed by atoms with Crippen LogP contribution in [-0.2, 0) is 13.1 Å². The number of rotatable bonds is 7. The minimum Gasteiger partial charge on any atom is -0.497 e. The highest BCUT2D eigenvalue weighted by atomic mass is 127. The first-order valence-corrected chi connectivity index (χ1v) is 8.98. The molecule has 0 atom stereocenters. The number of nitrogens with one attached hydrogen (secondary N) is 2. The summed E-state index contributed by atoms with van der Waals surface area (Å²) in [7, 11) is 3.15. The summed E-state index contributed by atoms with van der Waals surface area (Å²) in [5.41, 5.74) is 0.543. The van der Waals surface area contributed by atoms with Crippen LogP contribution >= 0.6 is 51.2 Å². The summed E-state index contributed by atoms with van der Waals surface area (Å²) in [6.07, 6.45) is 0. The number of guanidine groups is 1. The van der Waals surface area contributed by atoms with Gasteiger partial charge < -0.3 is 20.1 Å². The van der Waals surface area contributed by atoms with Crippen LogP contribution in [0.5, 0.6) is 11.5 Å². The number of benzene rings is 1. The van der Waals surface area contributed by atoms with Crippen molar-refractivity contribution in [3.05, 3.63) is 44.6 Å². The fourth-order valence-corrected chi connectivity index (χ4v) is 3.44. The Morgan fingerprint density at radius 3 is 2.58 bits per heavy atom. The number of alkyl halides is 2. The number of hydrogen-bond acceptors (Lipinski definition) is 4. The van der Waals surface area contributed by atoms with Crippen molar-refractivity contribution in [3.8, 4) is 11.5 Å². The second kappa shape index (κ2) is 11.5. The first-order valence-electron chi connectivity index (χ1n) is 7.31. The lowest BCUT2D eigenvalue weighted by atomic mass is 10.2. The number of aliphatic imine (C=N–C) groups is 1. The monoisotopic (exact) mass is 561 g/mol. The van der Waals surface area contributed by atoms with Gasteiger partial charge in [0.1, 0.15) is 11.5 Å². The quantitative estimate of drug-likeness (QED) is 0.295. The van der Waals surface area contributed by atoms with Crippen molar-refractivity contribution in [1.82, 2.24) is 10.6 Å². The molecular formula is C16H19BrF2IN3O2S. The van der Waals surface area contributed by atoms with Gasteiger partial charge in [-0.1, -0.05) is 0 Å². The molecular weight excluding hydrogens is 543 g/mol. The molecule has 0 saturated carbocycles. The zero-order valence-electron chi connectivity index (χ0n) is 14.1. The van der Waals surface area contributed by atoms with Gasteiger partial charge in [0.25, 0.3) is 0 Å². The third kappa shape index (κ3) is 7.23. The third-order valence-electron chi connectivity index (χ3n) is 3.21. The molecule has 10 heteroatoms. The molecule has 0 aliphatic heterocycles. The number of ether oxygens (including phenoxy) is 2. The Kier molecular flexibility index (Phi) is 10.2. The van der Waals surface area contributed by atoms with Gasteiger partial charge in [-0.25, -0.2) is 0 Å². The second-order valence-electron chi connectivity index (χ2n) is 4.86. The van der Waals surface area contributed by atoms with Crippen molar-refractivity contribution in [2.24, 2.45) is 4.99 Å². The normalized spacial score (nSPS) is 11.1. The van der Waals surface area contributed by atoms with Crippen LogP contribution in [0.2, 0.25) is 0 Å². The van der Waals surface area contributed by atoms with Crippen LogP contribution in [0.3, 0.4) is 0 Å². The zero-order valence-corrected chi connectivity index (χ0v) is 18.8. The highest BCUT2D eigenvalue weighted by Gasteiger charge is 2.11. The van der Waals surface area contributed by atoms with Gasteiger partial charge in [0.2, 0.25) is 0 Å². The lowest BCUT2D eigenvalue weighted by molar-refractivity contribution is -0.0504. The van der Waals surface area contributed by atoms with E-state index in [-0.39, 0.29) is 36.3 Å². The molecule has 0 aliphatic rings. The molecule has 0 aliphatic carbocycles. The van der Waals surface area contributed by atoms with Gasteiger partial charge in [0, 0.05) is 33.9 Å². The molecule has 0 radical (unpaired) electrons. The van der Waals surface area contributed by atoms with Crippen LogP contribution < -0.4 is 20.1 Å². The van der Waals surface area contributed by atoms with Gasteiger partial charge >= 0.3 is 6.61 Å². The number of methoxy groups -OCH3 is 1. The summed E-state index contributed by atoms with van der Waals surface area (Å²) in [6, 6.07) is 6.69. The first kappa shape index (κ1) is 22.9. The van der Waals surface area contributed by atoms with Crippen molar-refractivity contribution >= 4 is 57.2 Å². The van der Waals surface area contributed by atoms with E-state index in [2.05, 4.69) is 36.3 Å². The summed E-state index contributed by atoms with van der Waals surface area (Å²) < 4.78 is 35.8. The van der Waals surface area contributed by atoms with Crippen LogP contribution in [0.25, 0.3) is 0 Å². The van der Waals surface area contributed by atoms with E-state index in [0.29, 0.717) is 23.8 Å². The van der Waals surface area contributed by atoms with E-state index in [0.717, 1.165) is 9.35 Å². The predicted octanol–water partition coefficient (Wildman–Crippen LogP) is 4.60. The van der Waals surface area contributed by atoms with Gasteiger partial charge in [0.05, 0.1) is 13.7 Å². The maximum Gasteiger partial charge on any atom is 0.387 e. The van der Waals surface area contributed by atoms with E-state index in [9.17, 15) is 8.78 Å². The molecule has 5 nitrogen and oxygen atoms in total. The summed E-state index contributed by atoms with van der Waals surface area (Å²) in [4.78, 5) is 5.26. The van der Waals surface area contributed by atoms with Crippen LogP contribution in [0.1, 0.15) is 10.4 Å². The smallest absolute Gasteiger partial charge is 0.387 e. The number of nitrogens with zero attached hydrogens (tertiary/aromatic N) is 1. The molecule has 0 bridgehead atoms. The largest absolute Gasteiger partial charge is 0.497 e. The molecule has 0 amide bonds. The zero-order chi connectivity index (χ0) is 18.2. The average molecular weight is 562 g/mol. The molecule has 0 fully saturated rings. The number of thiophene rings is 1. The van der Waals surface area contributed by atoms with Crippen LogP contribution in [0, 0.1) is 0 Å². The molecule has 0 spiro atoms. The molecule has 2 aromatic rings. The topological polar surface area (TPSA) is 54.9 Å². The Hall–Kier alpha value is -1.14. The van der Waals surface area contributed by atoms with E-state index in [4.69, 9.17) is 4.74 Å². The maximum atomic E-state index is 12.5. The summed E-state index contributed by atoms with van der Waals surface area (Å²) >= 11 is 5.03. The molecule has 2 rings (SSSR count). The van der Waals surface area contributed by atoms with Crippen molar-refractivity contribution in [2.75, 3.05) is 14.2 Å². The average Bonchev–Trinajstić information content (AvgIpc) is 3.01. The number of hydrogen-bond donors (Lipinski definition) is 2. The SMILES string of the molecule is CN=C(NCc1cc(Br)cs1)NCc1cc(OC)ccc1OC(F)F.I. The van der Waals surface area contributed by atoms with Crippen molar-refractivity contribution in [1.29, 1.82) is 0 Å². The third-order valence-corrected chi connectivity index (χ3v) is 4.90. The van der Waals surface area contributed by atoms with Gasteiger partial charge in [-0.05, 0) is 40.2 Å². The Morgan fingerprint density at radius 2 is 2.00 bits per heavy atom. The molecule has 1 aromatic carbocycles. The Labute approximate surface area is 180 Å². The highest BCUT2D eigenvalue weighted by Crippen LogP contribution is 2.25. The molecule has 144 valence electrons. The summed E-state index contributed by atoms with van der Waals surface area (Å²) in [5.74, 6) is 1.21. The van der Waals surface area contributed by atoms with Gasteiger partial charge in [-0.3, -0.25) is 4.99 Å². The first-order chi connectivity index (χ1) is 12.0. The van der Waals surface area contributed by atoms with Gasteiger partial charge in [-0.15, -0.1) is 35.3 Å². The Balaban J connectivity index is 0.00000338. The van der Waals surface area contributed by atoms with Crippen molar-refractivity contribution in [3.63, 3.8) is 0 Å². The fourth-order valence-electron chi connectivity index (χ4n) is 2.05. The molecule has 0 unspecified atom stereocenters. The lowest BCUT2D eigenvalue weighted by Crippen LogP contribution is -2.36. The predicted molar refractivity (Wildman–Crippen MR) is 114 cm³/mol. The minimum atomic E-state index is -2.89. The Bertz CT molecular complexity index is 731. The van der Waals surface area contributed by atoms with E-state index in [1.165, 1.54) is 13.2 Å². The van der Waals surface area contributed by atoms with Crippen LogP contribution in [0.15, 0.2) is 39.1 Å². The molecule has 1 aromatic heterocycles. The minimum absolute atomic E-state index is 0. The number of halogens is 4. The van der Waals surface area contributed by atoms with Gasteiger partial charge in [0.15, 0.2) is 5.96 Å². The van der Waals surface area contributed by atoms with Crippen molar-refractivity contribution < 1.29 is 18.3 Å². The van der Waals surface area contributed by atoms with Crippen LogP contribution in [0.4, 0.5) is 8.78 Å². The summed E-state index contributed by atoms with van der Waals surface area (Å²) in [6.45, 7) is -2.02. The maximum absolute atomic E-state index is 12.5. The van der Waals surface area contributed by atoms with E-state index >= 15 is 0 Å². The van der Waals surface area contributed by atoms with E-state index in [1.54, 1.807) is 30.5 Å². The molecule has 2 N–H and O–H groups in total. The van der Waals surface area contributed by atoms with Crippen LogP contribution in [-0.4, -0.2) is 26.7 Å². The molecule has 26 heavy (non-hydrogen) atoms. The Morgan fingerprint density at radius 1 is 1.27 bits per heavy atom. The van der Waals surface area contributed by atoms with Crippen molar-refractivity contribution in [2.45, 2.75) is 19.7 Å². The standard InChI is InChI=1S/C16H18BrF2N3O2S.HI/c1-20-16(22-8-13-6-11(17)9-25-13)21-7-10-5-12(23-2)3-4-14(10)24-15(18)19;/h3-6,9,15H,7-8H2,1-2H3,(H2,20,21,22);1H. The molecule has 0 saturated heterocycles. The highest BCUT2D eigenvalue weighted by molar-refractivity contribution is 14.0. The lowest BCUT2D eigenvalue weighted by Gasteiger charge is -2.15.